The first-order valence-corrected chi connectivity index (χ1v) is 9.43. The first-order chi connectivity index (χ1) is 13.6. The Morgan fingerprint density at radius 2 is 1.82 bits per heavy atom. The summed E-state index contributed by atoms with van der Waals surface area (Å²) >= 11 is 0. The molecular weight excluding hydrogens is 353 g/mol. The van der Waals surface area contributed by atoms with Crippen LogP contribution >= 0.6 is 0 Å². The van der Waals surface area contributed by atoms with Crippen LogP contribution in [0, 0.1) is 5.82 Å². The Labute approximate surface area is 163 Å². The second-order valence-corrected chi connectivity index (χ2v) is 7.07. The number of benzene rings is 2. The van der Waals surface area contributed by atoms with Gasteiger partial charge in [-0.2, -0.15) is 0 Å². The lowest BCUT2D eigenvalue weighted by Crippen LogP contribution is -2.05. The van der Waals surface area contributed by atoms with Crippen molar-refractivity contribution in [3.8, 4) is 16.9 Å². The number of imidazole rings is 1. The second-order valence-electron chi connectivity index (χ2n) is 7.07. The molecule has 4 rings (SSSR count). The van der Waals surface area contributed by atoms with Gasteiger partial charge in [-0.3, -0.25) is 0 Å². The van der Waals surface area contributed by atoms with Gasteiger partial charge in [0.1, 0.15) is 17.4 Å². The molecule has 0 fully saturated rings. The van der Waals surface area contributed by atoms with Gasteiger partial charge in [0, 0.05) is 23.7 Å². The molecule has 0 unspecified atom stereocenters. The minimum absolute atomic E-state index is 0.170. The molecule has 2 aromatic heterocycles. The summed E-state index contributed by atoms with van der Waals surface area (Å²) < 4.78 is 19.7. The molecule has 0 aliphatic carbocycles. The SMILES string of the molecule is CC(C)Oc1ccc(CCc2nc3ncc(-c4ccccc4F)cc3[nH]2)cc1. The van der Waals surface area contributed by atoms with Gasteiger partial charge in [-0.15, -0.1) is 0 Å². The number of fused-ring (bicyclic) bond motifs is 1. The number of rotatable bonds is 6. The Kier molecular flexibility index (Phi) is 5.06. The van der Waals surface area contributed by atoms with Crippen LogP contribution in [0.15, 0.2) is 60.8 Å². The van der Waals surface area contributed by atoms with Gasteiger partial charge in [-0.05, 0) is 50.1 Å². The molecule has 0 bridgehead atoms. The number of H-pyrrole nitrogens is 1. The van der Waals surface area contributed by atoms with Crippen molar-refractivity contribution in [3.63, 3.8) is 0 Å². The van der Waals surface area contributed by atoms with E-state index >= 15 is 0 Å². The highest BCUT2D eigenvalue weighted by atomic mass is 19.1. The number of ether oxygens (including phenoxy) is 1. The summed E-state index contributed by atoms with van der Waals surface area (Å²) in [7, 11) is 0. The third kappa shape index (κ3) is 4.03. The minimum Gasteiger partial charge on any atom is -0.491 e. The first-order valence-electron chi connectivity index (χ1n) is 9.43. The minimum atomic E-state index is -0.256. The lowest BCUT2D eigenvalue weighted by molar-refractivity contribution is 0.242. The predicted molar refractivity (Wildman–Crippen MR) is 109 cm³/mol. The standard InChI is InChI=1S/C23H22FN3O/c1-15(2)28-18-10-7-16(8-11-18)9-12-22-26-21-13-17(14-25-23(21)27-22)19-5-3-4-6-20(19)24/h3-8,10-11,13-15H,9,12H2,1-2H3,(H,25,26,27). The summed E-state index contributed by atoms with van der Waals surface area (Å²) in [4.78, 5) is 12.3. The lowest BCUT2D eigenvalue weighted by Gasteiger charge is -2.09. The summed E-state index contributed by atoms with van der Waals surface area (Å²) in [6.45, 7) is 4.03. The predicted octanol–water partition coefficient (Wildman–Crippen LogP) is 5.34. The quantitative estimate of drug-likeness (QED) is 0.495. The Morgan fingerprint density at radius 3 is 2.57 bits per heavy atom. The smallest absolute Gasteiger partial charge is 0.177 e. The number of pyridine rings is 1. The van der Waals surface area contributed by atoms with E-state index in [-0.39, 0.29) is 11.9 Å². The van der Waals surface area contributed by atoms with Crippen LogP contribution in [0.5, 0.6) is 5.75 Å². The highest BCUT2D eigenvalue weighted by Crippen LogP contribution is 2.24. The zero-order chi connectivity index (χ0) is 19.5. The van der Waals surface area contributed by atoms with E-state index in [1.165, 1.54) is 11.6 Å². The summed E-state index contributed by atoms with van der Waals surface area (Å²) in [5, 5.41) is 0. The van der Waals surface area contributed by atoms with Crippen molar-refractivity contribution in [2.24, 2.45) is 0 Å². The molecule has 0 atom stereocenters. The van der Waals surface area contributed by atoms with Crippen molar-refractivity contribution in [2.75, 3.05) is 0 Å². The van der Waals surface area contributed by atoms with Crippen LogP contribution < -0.4 is 4.74 Å². The zero-order valence-corrected chi connectivity index (χ0v) is 15.9. The summed E-state index contributed by atoms with van der Waals surface area (Å²) in [5.41, 5.74) is 3.96. The monoisotopic (exact) mass is 375 g/mol. The number of aromatic amines is 1. The molecular formula is C23H22FN3O. The van der Waals surface area contributed by atoms with E-state index in [2.05, 4.69) is 27.1 Å². The summed E-state index contributed by atoms with van der Waals surface area (Å²) in [5.74, 6) is 1.50. The van der Waals surface area contributed by atoms with Crippen molar-refractivity contribution in [2.45, 2.75) is 32.8 Å². The maximum Gasteiger partial charge on any atom is 0.177 e. The average molecular weight is 375 g/mol. The molecule has 142 valence electrons. The normalized spacial score (nSPS) is 11.3. The lowest BCUT2D eigenvalue weighted by atomic mass is 10.1. The molecule has 4 aromatic rings. The van der Waals surface area contributed by atoms with E-state index in [0.29, 0.717) is 11.2 Å². The van der Waals surface area contributed by atoms with Crippen LogP contribution in [0.4, 0.5) is 4.39 Å². The highest BCUT2D eigenvalue weighted by Gasteiger charge is 2.09. The molecule has 0 amide bonds. The van der Waals surface area contributed by atoms with Crippen molar-refractivity contribution in [1.82, 2.24) is 15.0 Å². The molecule has 0 saturated carbocycles. The second kappa shape index (κ2) is 7.80. The largest absolute Gasteiger partial charge is 0.491 e. The van der Waals surface area contributed by atoms with Gasteiger partial charge in [0.15, 0.2) is 5.65 Å². The van der Waals surface area contributed by atoms with Gasteiger partial charge in [-0.1, -0.05) is 30.3 Å². The molecule has 1 N–H and O–H groups in total. The Hall–Kier alpha value is -3.21. The maximum atomic E-state index is 14.0. The fourth-order valence-electron chi connectivity index (χ4n) is 3.18. The molecule has 0 aliphatic rings. The van der Waals surface area contributed by atoms with Crippen LogP contribution in [0.3, 0.4) is 0 Å². The number of aryl methyl sites for hydroxylation is 2. The molecule has 5 heteroatoms. The fourth-order valence-corrected chi connectivity index (χ4v) is 3.18. The molecule has 2 aromatic carbocycles. The molecule has 4 nitrogen and oxygen atoms in total. The molecule has 0 spiro atoms. The van der Waals surface area contributed by atoms with Gasteiger partial charge in [0.25, 0.3) is 0 Å². The number of nitrogens with zero attached hydrogens (tertiary/aromatic N) is 2. The van der Waals surface area contributed by atoms with Gasteiger partial charge in [-0.25, -0.2) is 14.4 Å². The summed E-state index contributed by atoms with van der Waals surface area (Å²) in [6.07, 6.45) is 3.47. The van der Waals surface area contributed by atoms with E-state index in [4.69, 9.17) is 4.74 Å². The summed E-state index contributed by atoms with van der Waals surface area (Å²) in [6, 6.07) is 16.8. The number of hydrogen-bond acceptors (Lipinski definition) is 3. The Bertz CT molecular complexity index is 1090. The van der Waals surface area contributed by atoms with Crippen LogP contribution in [0.25, 0.3) is 22.3 Å². The molecule has 0 saturated heterocycles. The topological polar surface area (TPSA) is 50.8 Å². The first kappa shape index (κ1) is 18.2. The van der Waals surface area contributed by atoms with E-state index in [1.807, 2.05) is 38.1 Å². The van der Waals surface area contributed by atoms with Crippen LogP contribution in [-0.4, -0.2) is 21.1 Å². The van der Waals surface area contributed by atoms with Crippen molar-refractivity contribution in [3.05, 3.63) is 78.0 Å². The van der Waals surface area contributed by atoms with Gasteiger partial charge >= 0.3 is 0 Å². The van der Waals surface area contributed by atoms with Crippen molar-refractivity contribution < 1.29 is 9.13 Å². The number of aromatic nitrogens is 3. The average Bonchev–Trinajstić information content (AvgIpc) is 3.09. The zero-order valence-electron chi connectivity index (χ0n) is 15.9. The number of hydrogen-bond donors (Lipinski definition) is 1. The van der Waals surface area contributed by atoms with Gasteiger partial charge in [0.2, 0.25) is 0 Å². The molecule has 28 heavy (non-hydrogen) atoms. The Balaban J connectivity index is 1.48. The molecule has 2 heterocycles. The van der Waals surface area contributed by atoms with E-state index in [1.54, 1.807) is 18.3 Å². The van der Waals surface area contributed by atoms with Crippen LogP contribution in [-0.2, 0) is 12.8 Å². The van der Waals surface area contributed by atoms with E-state index < -0.39 is 0 Å². The maximum absolute atomic E-state index is 14.0. The Morgan fingerprint density at radius 1 is 1.04 bits per heavy atom. The van der Waals surface area contributed by atoms with Gasteiger partial charge in [0.05, 0.1) is 11.6 Å². The van der Waals surface area contributed by atoms with Crippen molar-refractivity contribution in [1.29, 1.82) is 0 Å². The highest BCUT2D eigenvalue weighted by molar-refractivity contribution is 5.78. The van der Waals surface area contributed by atoms with E-state index in [0.717, 1.165) is 35.5 Å². The molecule has 0 aliphatic heterocycles. The van der Waals surface area contributed by atoms with Crippen molar-refractivity contribution >= 4 is 11.2 Å². The van der Waals surface area contributed by atoms with Crippen LogP contribution in [0.2, 0.25) is 0 Å². The number of halogens is 1. The van der Waals surface area contributed by atoms with E-state index in [9.17, 15) is 4.39 Å². The van der Waals surface area contributed by atoms with Gasteiger partial charge < -0.3 is 9.72 Å². The number of nitrogens with one attached hydrogen (secondary N) is 1. The fraction of sp³-hybridized carbons (Fsp3) is 0.217. The third-order valence-electron chi connectivity index (χ3n) is 4.52. The third-order valence-corrected chi connectivity index (χ3v) is 4.52. The van der Waals surface area contributed by atoms with Crippen LogP contribution in [0.1, 0.15) is 25.2 Å². The molecule has 0 radical (unpaired) electrons.